The molecule has 3 nitrogen and oxygen atoms in total. The van der Waals surface area contributed by atoms with Gasteiger partial charge in [-0.05, 0) is 31.5 Å². The van der Waals surface area contributed by atoms with Crippen LogP contribution in [0, 0.1) is 6.92 Å². The first-order chi connectivity index (χ1) is 8.82. The SMILES string of the molecule is C/C=C/c1cc2c(=O)[nH]c(C)nc2cc1C(F)(F)F. The zero-order valence-corrected chi connectivity index (χ0v) is 10.3. The number of aryl methyl sites for hydroxylation is 1. The third kappa shape index (κ3) is 2.52. The number of halogens is 3. The van der Waals surface area contributed by atoms with Crippen molar-refractivity contribution in [3.05, 3.63) is 45.5 Å². The zero-order valence-electron chi connectivity index (χ0n) is 10.3. The predicted octanol–water partition coefficient (Wildman–Crippen LogP) is 3.28. The topological polar surface area (TPSA) is 45.8 Å². The van der Waals surface area contributed by atoms with Crippen molar-refractivity contribution in [2.45, 2.75) is 20.0 Å². The molecule has 0 spiro atoms. The Morgan fingerprint density at radius 3 is 2.58 bits per heavy atom. The highest BCUT2D eigenvalue weighted by atomic mass is 19.4. The Morgan fingerprint density at radius 2 is 2.00 bits per heavy atom. The highest BCUT2D eigenvalue weighted by molar-refractivity contribution is 5.82. The number of hydrogen-bond acceptors (Lipinski definition) is 2. The zero-order chi connectivity index (χ0) is 14.2. The highest BCUT2D eigenvalue weighted by Crippen LogP contribution is 2.34. The molecule has 0 saturated heterocycles. The maximum absolute atomic E-state index is 13.0. The lowest BCUT2D eigenvalue weighted by molar-refractivity contribution is -0.137. The van der Waals surface area contributed by atoms with Crippen LogP contribution in [0.3, 0.4) is 0 Å². The number of hydrogen-bond donors (Lipinski definition) is 1. The van der Waals surface area contributed by atoms with Crippen LogP contribution in [0.15, 0.2) is 23.0 Å². The van der Waals surface area contributed by atoms with E-state index in [1.54, 1.807) is 6.92 Å². The molecule has 2 aromatic rings. The smallest absolute Gasteiger partial charge is 0.310 e. The van der Waals surface area contributed by atoms with Crippen LogP contribution in [0.5, 0.6) is 0 Å². The fourth-order valence-electron chi connectivity index (χ4n) is 1.88. The molecule has 0 radical (unpaired) electrons. The number of alkyl halides is 3. The van der Waals surface area contributed by atoms with E-state index >= 15 is 0 Å². The Bertz CT molecular complexity index is 714. The average molecular weight is 268 g/mol. The van der Waals surface area contributed by atoms with Gasteiger partial charge in [-0.15, -0.1) is 0 Å². The summed E-state index contributed by atoms with van der Waals surface area (Å²) in [5.41, 5.74) is -1.24. The number of fused-ring (bicyclic) bond motifs is 1. The molecule has 1 N–H and O–H groups in total. The van der Waals surface area contributed by atoms with Crippen LogP contribution in [-0.4, -0.2) is 9.97 Å². The first kappa shape index (κ1) is 13.3. The minimum Gasteiger partial charge on any atom is -0.310 e. The Kier molecular flexibility index (Phi) is 3.18. The second kappa shape index (κ2) is 4.53. The molecule has 19 heavy (non-hydrogen) atoms. The van der Waals surface area contributed by atoms with Gasteiger partial charge in [0.15, 0.2) is 0 Å². The number of benzene rings is 1. The van der Waals surface area contributed by atoms with Crippen molar-refractivity contribution in [3.63, 3.8) is 0 Å². The number of nitrogens with one attached hydrogen (secondary N) is 1. The molecule has 0 aliphatic carbocycles. The van der Waals surface area contributed by atoms with Gasteiger partial charge in [0, 0.05) is 0 Å². The molecule has 0 amide bonds. The van der Waals surface area contributed by atoms with Crippen LogP contribution < -0.4 is 5.56 Å². The van der Waals surface area contributed by atoms with Crippen molar-refractivity contribution in [1.82, 2.24) is 9.97 Å². The van der Waals surface area contributed by atoms with Gasteiger partial charge in [-0.3, -0.25) is 4.79 Å². The lowest BCUT2D eigenvalue weighted by Gasteiger charge is -2.11. The van der Waals surface area contributed by atoms with Gasteiger partial charge in [0.1, 0.15) is 5.82 Å². The minimum absolute atomic E-state index is 0.0429. The molecule has 0 unspecified atom stereocenters. The molecular formula is C13H11F3N2O. The van der Waals surface area contributed by atoms with E-state index in [1.165, 1.54) is 25.1 Å². The van der Waals surface area contributed by atoms with Gasteiger partial charge in [-0.25, -0.2) is 4.98 Å². The normalized spacial score (nSPS) is 12.5. The summed E-state index contributed by atoms with van der Waals surface area (Å²) in [4.78, 5) is 18.1. The van der Waals surface area contributed by atoms with Crippen LogP contribution in [0.2, 0.25) is 0 Å². The summed E-state index contributed by atoms with van der Waals surface area (Å²) in [5.74, 6) is 0.282. The predicted molar refractivity (Wildman–Crippen MR) is 66.8 cm³/mol. The minimum atomic E-state index is -4.48. The van der Waals surface area contributed by atoms with Crippen molar-refractivity contribution >= 4 is 17.0 Å². The third-order valence-electron chi connectivity index (χ3n) is 2.65. The van der Waals surface area contributed by atoms with Crippen molar-refractivity contribution < 1.29 is 13.2 Å². The fraction of sp³-hybridized carbons (Fsp3) is 0.231. The molecule has 1 aromatic heterocycles. The van der Waals surface area contributed by atoms with Crippen LogP contribution in [0.4, 0.5) is 13.2 Å². The maximum Gasteiger partial charge on any atom is 0.417 e. The van der Waals surface area contributed by atoms with E-state index in [2.05, 4.69) is 9.97 Å². The number of rotatable bonds is 1. The van der Waals surface area contributed by atoms with E-state index in [0.29, 0.717) is 0 Å². The van der Waals surface area contributed by atoms with Crippen LogP contribution in [-0.2, 0) is 6.18 Å². The molecular weight excluding hydrogens is 257 g/mol. The molecule has 1 heterocycles. The quantitative estimate of drug-likeness (QED) is 0.862. The van der Waals surface area contributed by atoms with Gasteiger partial charge in [0.05, 0.1) is 16.5 Å². The summed E-state index contributed by atoms with van der Waals surface area (Å²) in [6, 6.07) is 2.12. The molecule has 0 fully saturated rings. The van der Waals surface area contributed by atoms with Gasteiger partial charge in [0.25, 0.3) is 5.56 Å². The maximum atomic E-state index is 13.0. The number of nitrogens with zero attached hydrogens (tertiary/aromatic N) is 1. The first-order valence-corrected chi connectivity index (χ1v) is 5.57. The lowest BCUT2D eigenvalue weighted by Crippen LogP contribution is -2.13. The average Bonchev–Trinajstić information content (AvgIpc) is 2.28. The Balaban J connectivity index is 2.88. The van der Waals surface area contributed by atoms with E-state index in [9.17, 15) is 18.0 Å². The standard InChI is InChI=1S/C13H11F3N2O/c1-3-4-8-5-9-11(6-10(8)13(14,15)16)17-7(2)18-12(9)19/h3-6H,1-2H3,(H,17,18,19)/b4-3+. The highest BCUT2D eigenvalue weighted by Gasteiger charge is 2.33. The number of H-pyrrole nitrogens is 1. The molecule has 100 valence electrons. The van der Waals surface area contributed by atoms with Gasteiger partial charge in [0.2, 0.25) is 0 Å². The Labute approximate surface area is 106 Å². The van der Waals surface area contributed by atoms with E-state index in [-0.39, 0.29) is 22.3 Å². The number of allylic oxidation sites excluding steroid dienone is 1. The van der Waals surface area contributed by atoms with Crippen LogP contribution in [0.1, 0.15) is 23.9 Å². The Morgan fingerprint density at radius 1 is 1.32 bits per heavy atom. The van der Waals surface area contributed by atoms with Crippen molar-refractivity contribution in [1.29, 1.82) is 0 Å². The molecule has 0 atom stereocenters. The first-order valence-electron chi connectivity index (χ1n) is 5.57. The van der Waals surface area contributed by atoms with E-state index < -0.39 is 17.3 Å². The monoisotopic (exact) mass is 268 g/mol. The van der Waals surface area contributed by atoms with Gasteiger partial charge < -0.3 is 4.98 Å². The molecule has 0 saturated carbocycles. The summed E-state index contributed by atoms with van der Waals surface area (Å²) in [6.45, 7) is 3.13. The van der Waals surface area contributed by atoms with Crippen LogP contribution >= 0.6 is 0 Å². The summed E-state index contributed by atoms with van der Waals surface area (Å²) in [7, 11) is 0. The molecule has 0 aliphatic rings. The molecule has 1 aromatic carbocycles. The number of aromatic amines is 1. The van der Waals surface area contributed by atoms with E-state index in [4.69, 9.17) is 0 Å². The van der Waals surface area contributed by atoms with Gasteiger partial charge in [-0.2, -0.15) is 13.2 Å². The van der Waals surface area contributed by atoms with Crippen molar-refractivity contribution in [2.75, 3.05) is 0 Å². The largest absolute Gasteiger partial charge is 0.417 e. The van der Waals surface area contributed by atoms with Crippen molar-refractivity contribution in [2.24, 2.45) is 0 Å². The van der Waals surface area contributed by atoms with Crippen molar-refractivity contribution in [3.8, 4) is 0 Å². The second-order valence-corrected chi connectivity index (χ2v) is 4.11. The molecule has 0 bridgehead atoms. The van der Waals surface area contributed by atoms with Gasteiger partial charge in [-0.1, -0.05) is 12.2 Å². The van der Waals surface area contributed by atoms with E-state index in [1.807, 2.05) is 0 Å². The lowest BCUT2D eigenvalue weighted by atomic mass is 10.0. The number of aromatic nitrogens is 2. The summed E-state index contributed by atoms with van der Waals surface area (Å²) < 4.78 is 38.9. The van der Waals surface area contributed by atoms with Gasteiger partial charge >= 0.3 is 6.18 Å². The molecule has 6 heteroatoms. The fourth-order valence-corrected chi connectivity index (χ4v) is 1.88. The van der Waals surface area contributed by atoms with E-state index in [0.717, 1.165) is 6.07 Å². The molecule has 2 rings (SSSR count). The third-order valence-corrected chi connectivity index (χ3v) is 2.65. The van der Waals surface area contributed by atoms with Crippen LogP contribution in [0.25, 0.3) is 17.0 Å². The summed E-state index contributed by atoms with van der Waals surface area (Å²) >= 11 is 0. The Hall–Kier alpha value is -2.11. The second-order valence-electron chi connectivity index (χ2n) is 4.11. The summed E-state index contributed by atoms with van der Waals surface area (Å²) in [6.07, 6.45) is -1.67. The summed E-state index contributed by atoms with van der Waals surface area (Å²) in [5, 5.41) is 0.145. The molecule has 0 aliphatic heterocycles.